The summed E-state index contributed by atoms with van der Waals surface area (Å²) in [5.41, 5.74) is 6.48. The van der Waals surface area contributed by atoms with Gasteiger partial charge in [0.25, 0.3) is 0 Å². The molecule has 0 saturated carbocycles. The molecular weight excluding hydrogens is 675 g/mol. The highest BCUT2D eigenvalue weighted by atomic mass is 79.9. The van der Waals surface area contributed by atoms with Crippen molar-refractivity contribution in [3.63, 3.8) is 0 Å². The Bertz CT molecular complexity index is 1620. The van der Waals surface area contributed by atoms with Crippen LogP contribution in [-0.4, -0.2) is 53.3 Å². The van der Waals surface area contributed by atoms with Crippen LogP contribution in [0.15, 0.2) is 121 Å². The van der Waals surface area contributed by atoms with Crippen LogP contribution in [0.2, 0.25) is 0 Å². The van der Waals surface area contributed by atoms with Gasteiger partial charge in [-0.05, 0) is 79.9 Å². The number of halogens is 1. The molecule has 5 rings (SSSR count). The first-order valence-corrected chi connectivity index (χ1v) is 18.6. The maximum Gasteiger partial charge on any atom is 0.119 e. The van der Waals surface area contributed by atoms with Gasteiger partial charge >= 0.3 is 0 Å². The Labute approximate surface area is 300 Å². The van der Waals surface area contributed by atoms with Gasteiger partial charge in [-0.3, -0.25) is 4.68 Å². The van der Waals surface area contributed by atoms with Crippen molar-refractivity contribution in [1.82, 2.24) is 19.9 Å². The van der Waals surface area contributed by atoms with Crippen molar-refractivity contribution in [3.8, 4) is 5.75 Å². The molecule has 0 aliphatic heterocycles. The van der Waals surface area contributed by atoms with Gasteiger partial charge < -0.3 is 26.6 Å². The maximum absolute atomic E-state index is 6.01. The summed E-state index contributed by atoms with van der Waals surface area (Å²) in [6.45, 7) is 2.41. The molecule has 1 aromatic heterocycles. The minimum Gasteiger partial charge on any atom is -1.00 e. The largest absolute Gasteiger partial charge is 1.00 e. The van der Waals surface area contributed by atoms with Gasteiger partial charge in [0, 0.05) is 27.2 Å². The van der Waals surface area contributed by atoms with Gasteiger partial charge in [0.2, 0.25) is 0 Å². The van der Waals surface area contributed by atoms with Gasteiger partial charge in [0.15, 0.2) is 0 Å². The van der Waals surface area contributed by atoms with Crippen LogP contribution in [0.4, 0.5) is 0 Å². The lowest BCUT2D eigenvalue weighted by atomic mass is 9.88. The molecule has 48 heavy (non-hydrogen) atoms. The summed E-state index contributed by atoms with van der Waals surface area (Å²) in [5, 5.41) is 10.9. The number of benzene rings is 4. The standard InChI is InChI=1S/C41H49N4OP.BrH/c1-44(2)30-31-46-37-27-25-36(26-28-37)40(34-19-11-8-12-20-34)41(35-21-13-9-14-22-35)39-33-45(43-42-39)29-17-6-4-3-5-7-18-32-47-38-23-15-10-16-24-38;/h8-16,19-28,33,47H,3-7,17-18,29-32H2,1-2H3;1H/b41-40+;. The van der Waals surface area contributed by atoms with Crippen molar-refractivity contribution in [2.45, 2.75) is 51.5 Å². The Kier molecular flexibility index (Phi) is 16.1. The van der Waals surface area contributed by atoms with E-state index in [0.29, 0.717) is 15.2 Å². The van der Waals surface area contributed by atoms with E-state index in [9.17, 15) is 0 Å². The van der Waals surface area contributed by atoms with E-state index in [1.54, 1.807) is 5.30 Å². The van der Waals surface area contributed by atoms with E-state index in [2.05, 4.69) is 146 Å². The van der Waals surface area contributed by atoms with E-state index >= 15 is 0 Å². The lowest BCUT2D eigenvalue weighted by Gasteiger charge is -2.17. The number of unbranched alkanes of at least 4 members (excludes halogenated alkanes) is 6. The highest BCUT2D eigenvalue weighted by molar-refractivity contribution is 7.47. The van der Waals surface area contributed by atoms with Crippen LogP contribution >= 0.6 is 8.58 Å². The summed E-state index contributed by atoms with van der Waals surface area (Å²) in [7, 11) is 4.55. The molecule has 0 radical (unpaired) electrons. The van der Waals surface area contributed by atoms with E-state index in [1.807, 2.05) is 4.68 Å². The lowest BCUT2D eigenvalue weighted by Crippen LogP contribution is -3.00. The van der Waals surface area contributed by atoms with Crippen molar-refractivity contribution in [1.29, 1.82) is 0 Å². The number of aromatic nitrogens is 3. The first kappa shape index (κ1) is 37.3. The molecule has 0 amide bonds. The molecule has 0 spiro atoms. The first-order valence-electron chi connectivity index (χ1n) is 17.2. The summed E-state index contributed by atoms with van der Waals surface area (Å²) in [5.74, 6) is 0.874. The van der Waals surface area contributed by atoms with E-state index < -0.39 is 0 Å². The van der Waals surface area contributed by atoms with Gasteiger partial charge in [-0.2, -0.15) is 0 Å². The highest BCUT2D eigenvalue weighted by Gasteiger charge is 2.19. The van der Waals surface area contributed by atoms with Crippen molar-refractivity contribution < 1.29 is 21.7 Å². The van der Waals surface area contributed by atoms with Crippen LogP contribution in [0.5, 0.6) is 5.75 Å². The zero-order valence-electron chi connectivity index (χ0n) is 28.5. The topological polar surface area (TPSA) is 43.2 Å². The number of ether oxygens (including phenoxy) is 1. The fraction of sp³-hybridized carbons (Fsp3) is 0.317. The number of hydrogen-bond acceptors (Lipinski definition) is 4. The normalized spacial score (nSPS) is 11.9. The second kappa shape index (κ2) is 20.7. The van der Waals surface area contributed by atoms with Crippen LogP contribution in [0.25, 0.3) is 11.1 Å². The van der Waals surface area contributed by atoms with Crippen LogP contribution in [0.1, 0.15) is 67.3 Å². The molecule has 5 aromatic rings. The van der Waals surface area contributed by atoms with Crippen LogP contribution < -0.4 is 27.0 Å². The molecule has 0 saturated heterocycles. The Hall–Kier alpha value is -3.57. The minimum atomic E-state index is 0. The average molecular weight is 726 g/mol. The summed E-state index contributed by atoms with van der Waals surface area (Å²) < 4.78 is 8.03. The number of nitrogens with zero attached hydrogens (tertiary/aromatic N) is 4. The molecule has 0 aliphatic rings. The van der Waals surface area contributed by atoms with Crippen LogP contribution in [0.3, 0.4) is 0 Å². The van der Waals surface area contributed by atoms with Gasteiger partial charge in [0.1, 0.15) is 18.1 Å². The van der Waals surface area contributed by atoms with Crippen LogP contribution in [-0.2, 0) is 6.54 Å². The molecule has 5 nitrogen and oxygen atoms in total. The Morgan fingerprint density at radius 1 is 0.646 bits per heavy atom. The Morgan fingerprint density at radius 2 is 1.19 bits per heavy atom. The molecule has 0 N–H and O–H groups in total. The molecule has 0 fully saturated rings. The number of aryl methyl sites for hydroxylation is 1. The Balaban J connectivity index is 0.00000520. The third-order valence-electron chi connectivity index (χ3n) is 8.39. The lowest BCUT2D eigenvalue weighted by molar-refractivity contribution is -0.0000101. The minimum absolute atomic E-state index is 0. The summed E-state index contributed by atoms with van der Waals surface area (Å²) in [6.07, 6.45) is 12.5. The molecule has 1 atom stereocenters. The van der Waals surface area contributed by atoms with Gasteiger partial charge in [0.05, 0.1) is 17.7 Å². The second-order valence-corrected chi connectivity index (χ2v) is 14.1. The number of likely N-dealkylation sites (N-methyl/N-ethyl adjacent to an activating group) is 1. The number of hydrogen-bond donors (Lipinski definition) is 0. The predicted molar refractivity (Wildman–Crippen MR) is 201 cm³/mol. The van der Waals surface area contributed by atoms with Crippen molar-refractivity contribution >= 4 is 25.0 Å². The zero-order chi connectivity index (χ0) is 32.5. The molecule has 1 heterocycles. The SMILES string of the molecule is CN(C)CCOc1ccc(/C(=C(\c2ccccc2)c2cn(CCCCCCCCC[PH2+]c3ccccc3)nn2)c2ccccc2)cc1.[Br-]. The molecule has 1 unspecified atom stereocenters. The van der Waals surface area contributed by atoms with E-state index in [-0.39, 0.29) is 17.0 Å². The molecule has 0 bridgehead atoms. The van der Waals surface area contributed by atoms with Crippen LogP contribution in [0, 0.1) is 0 Å². The molecule has 4 aromatic carbocycles. The fourth-order valence-corrected chi connectivity index (χ4v) is 7.15. The van der Waals surface area contributed by atoms with E-state index in [4.69, 9.17) is 9.84 Å². The van der Waals surface area contributed by atoms with E-state index in [1.165, 1.54) is 44.7 Å². The highest BCUT2D eigenvalue weighted by Crippen LogP contribution is 2.36. The summed E-state index contributed by atoms with van der Waals surface area (Å²) in [6, 6.07) is 40.6. The van der Waals surface area contributed by atoms with Gasteiger partial charge in [-0.15, -0.1) is 5.10 Å². The van der Waals surface area contributed by atoms with E-state index in [0.717, 1.165) is 58.8 Å². The summed E-state index contributed by atoms with van der Waals surface area (Å²) >= 11 is 0. The van der Waals surface area contributed by atoms with Crippen molar-refractivity contribution in [3.05, 3.63) is 144 Å². The zero-order valence-corrected chi connectivity index (χ0v) is 31.2. The fourth-order valence-electron chi connectivity index (χ4n) is 5.83. The third-order valence-corrected chi connectivity index (χ3v) is 9.94. The average Bonchev–Trinajstić information content (AvgIpc) is 3.58. The maximum atomic E-state index is 6.01. The number of rotatable bonds is 19. The second-order valence-electron chi connectivity index (χ2n) is 12.4. The smallest absolute Gasteiger partial charge is 0.119 e. The first-order chi connectivity index (χ1) is 23.2. The molecule has 252 valence electrons. The Morgan fingerprint density at radius 3 is 1.81 bits per heavy atom. The molecule has 7 heteroatoms. The summed E-state index contributed by atoms with van der Waals surface area (Å²) in [4.78, 5) is 2.13. The van der Waals surface area contributed by atoms with Gasteiger partial charge in [-0.1, -0.05) is 122 Å². The quantitative estimate of drug-likeness (QED) is 0.0624. The van der Waals surface area contributed by atoms with Crippen molar-refractivity contribution in [2.24, 2.45) is 0 Å². The predicted octanol–water partition coefficient (Wildman–Crippen LogP) is 5.70. The van der Waals surface area contributed by atoms with Crippen molar-refractivity contribution in [2.75, 3.05) is 33.4 Å². The third kappa shape index (κ3) is 11.8. The monoisotopic (exact) mass is 724 g/mol. The molecule has 0 aliphatic carbocycles. The van der Waals surface area contributed by atoms with Gasteiger partial charge in [-0.25, -0.2) is 0 Å². The molecular formula is C41H50BrN4OP.